The van der Waals surface area contributed by atoms with Gasteiger partial charge in [-0.15, -0.1) is 0 Å². The molecule has 0 bridgehead atoms. The SMILES string of the molecule is Nc1cccc(OCCn2cnc3c2CCCC3)c1. The molecule has 2 aromatic rings. The summed E-state index contributed by atoms with van der Waals surface area (Å²) in [6.07, 6.45) is 6.75. The first-order valence-electron chi connectivity index (χ1n) is 6.84. The fourth-order valence-corrected chi connectivity index (χ4v) is 2.59. The summed E-state index contributed by atoms with van der Waals surface area (Å²) in [4.78, 5) is 4.48. The van der Waals surface area contributed by atoms with Crippen LogP contribution in [0, 0.1) is 0 Å². The van der Waals surface area contributed by atoms with Gasteiger partial charge in [-0.2, -0.15) is 0 Å². The summed E-state index contributed by atoms with van der Waals surface area (Å²) in [5.74, 6) is 0.828. The highest BCUT2D eigenvalue weighted by atomic mass is 16.5. The van der Waals surface area contributed by atoms with Crippen LogP contribution >= 0.6 is 0 Å². The predicted octanol–water partition coefficient (Wildman–Crippen LogP) is 2.42. The second-order valence-corrected chi connectivity index (χ2v) is 4.96. The molecule has 0 spiro atoms. The van der Waals surface area contributed by atoms with Crippen LogP contribution in [0.5, 0.6) is 5.75 Å². The van der Waals surface area contributed by atoms with Crippen molar-refractivity contribution < 1.29 is 4.74 Å². The minimum atomic E-state index is 0.645. The Labute approximate surface area is 113 Å². The van der Waals surface area contributed by atoms with Gasteiger partial charge in [0.25, 0.3) is 0 Å². The van der Waals surface area contributed by atoms with Gasteiger partial charge < -0.3 is 15.0 Å². The molecule has 0 fully saturated rings. The van der Waals surface area contributed by atoms with Crippen LogP contribution in [-0.2, 0) is 19.4 Å². The number of ether oxygens (including phenoxy) is 1. The van der Waals surface area contributed by atoms with E-state index in [4.69, 9.17) is 10.5 Å². The lowest BCUT2D eigenvalue weighted by atomic mass is 10.0. The number of aryl methyl sites for hydroxylation is 1. The molecule has 1 aromatic heterocycles. The molecule has 1 aromatic carbocycles. The normalized spacial score (nSPS) is 14.1. The topological polar surface area (TPSA) is 53.1 Å². The van der Waals surface area contributed by atoms with Crippen molar-refractivity contribution in [3.63, 3.8) is 0 Å². The maximum atomic E-state index is 5.72. The molecule has 0 unspecified atom stereocenters. The van der Waals surface area contributed by atoms with Gasteiger partial charge in [-0.3, -0.25) is 0 Å². The van der Waals surface area contributed by atoms with E-state index in [1.807, 2.05) is 30.6 Å². The van der Waals surface area contributed by atoms with E-state index in [1.54, 1.807) is 0 Å². The van der Waals surface area contributed by atoms with Crippen molar-refractivity contribution in [3.8, 4) is 5.75 Å². The van der Waals surface area contributed by atoms with Crippen LogP contribution in [0.25, 0.3) is 0 Å². The third kappa shape index (κ3) is 2.72. The third-order valence-corrected chi connectivity index (χ3v) is 3.57. The van der Waals surface area contributed by atoms with E-state index in [1.165, 1.54) is 24.2 Å². The minimum absolute atomic E-state index is 0.645. The number of anilines is 1. The molecule has 0 aliphatic heterocycles. The summed E-state index contributed by atoms with van der Waals surface area (Å²) in [6.45, 7) is 1.49. The second kappa shape index (κ2) is 5.34. The zero-order valence-electron chi connectivity index (χ0n) is 11.0. The fourth-order valence-electron chi connectivity index (χ4n) is 2.59. The van der Waals surface area contributed by atoms with Crippen molar-refractivity contribution in [1.29, 1.82) is 0 Å². The van der Waals surface area contributed by atoms with Crippen molar-refractivity contribution in [3.05, 3.63) is 42.0 Å². The highest BCUT2D eigenvalue weighted by Gasteiger charge is 2.14. The van der Waals surface area contributed by atoms with E-state index in [0.717, 1.165) is 30.8 Å². The maximum absolute atomic E-state index is 5.72. The second-order valence-electron chi connectivity index (χ2n) is 4.96. The zero-order valence-corrected chi connectivity index (χ0v) is 11.0. The van der Waals surface area contributed by atoms with Crippen LogP contribution in [-0.4, -0.2) is 16.2 Å². The summed E-state index contributed by atoms with van der Waals surface area (Å²) in [7, 11) is 0. The Hall–Kier alpha value is -1.97. The lowest BCUT2D eigenvalue weighted by molar-refractivity contribution is 0.296. The lowest BCUT2D eigenvalue weighted by Crippen LogP contribution is -2.12. The van der Waals surface area contributed by atoms with Gasteiger partial charge in [-0.05, 0) is 37.8 Å². The molecule has 0 atom stereocenters. The van der Waals surface area contributed by atoms with Gasteiger partial charge in [0.15, 0.2) is 0 Å². The van der Waals surface area contributed by atoms with Gasteiger partial charge in [-0.1, -0.05) is 6.07 Å². The third-order valence-electron chi connectivity index (χ3n) is 3.57. The number of hydrogen-bond donors (Lipinski definition) is 1. The number of hydrogen-bond acceptors (Lipinski definition) is 3. The number of rotatable bonds is 4. The first-order valence-corrected chi connectivity index (χ1v) is 6.84. The summed E-state index contributed by atoms with van der Waals surface area (Å²) in [5, 5.41) is 0. The molecule has 3 rings (SSSR count). The van der Waals surface area contributed by atoms with Crippen molar-refractivity contribution in [1.82, 2.24) is 9.55 Å². The average molecular weight is 257 g/mol. The molecule has 1 aliphatic carbocycles. The quantitative estimate of drug-likeness (QED) is 0.856. The van der Waals surface area contributed by atoms with E-state index in [2.05, 4.69) is 9.55 Å². The van der Waals surface area contributed by atoms with Gasteiger partial charge >= 0.3 is 0 Å². The number of nitrogens with two attached hydrogens (primary N) is 1. The van der Waals surface area contributed by atoms with Crippen molar-refractivity contribution >= 4 is 5.69 Å². The van der Waals surface area contributed by atoms with Gasteiger partial charge in [0.05, 0.1) is 18.6 Å². The Kier molecular flexibility index (Phi) is 3.40. The van der Waals surface area contributed by atoms with Crippen LogP contribution < -0.4 is 10.5 Å². The average Bonchev–Trinajstić information content (AvgIpc) is 2.83. The molecule has 0 amide bonds. The Balaban J connectivity index is 1.59. The standard InChI is InChI=1S/C15H19N3O/c16-12-4-3-5-13(10-12)19-9-8-18-11-17-14-6-1-2-7-15(14)18/h3-5,10-11H,1-2,6-9,16H2. The summed E-state index contributed by atoms with van der Waals surface area (Å²) >= 11 is 0. The minimum Gasteiger partial charge on any atom is -0.492 e. The van der Waals surface area contributed by atoms with Gasteiger partial charge in [-0.25, -0.2) is 4.98 Å². The van der Waals surface area contributed by atoms with Crippen LogP contribution in [0.4, 0.5) is 5.69 Å². The van der Waals surface area contributed by atoms with Gasteiger partial charge in [0, 0.05) is 17.4 Å². The number of nitrogens with zero attached hydrogens (tertiary/aromatic N) is 2. The molecular formula is C15H19N3O. The molecule has 0 saturated heterocycles. The van der Waals surface area contributed by atoms with Crippen molar-refractivity contribution in [2.24, 2.45) is 0 Å². The van der Waals surface area contributed by atoms with Gasteiger partial charge in [0.2, 0.25) is 0 Å². The molecule has 4 nitrogen and oxygen atoms in total. The Bertz CT molecular complexity index is 562. The smallest absolute Gasteiger partial charge is 0.121 e. The van der Waals surface area contributed by atoms with Crippen molar-refractivity contribution in [2.75, 3.05) is 12.3 Å². The molecule has 100 valence electrons. The molecule has 0 saturated carbocycles. The first kappa shape index (κ1) is 12.1. The highest BCUT2D eigenvalue weighted by molar-refractivity contribution is 5.43. The van der Waals surface area contributed by atoms with E-state index >= 15 is 0 Å². The molecule has 1 aliphatic rings. The molecular weight excluding hydrogens is 238 g/mol. The molecule has 0 radical (unpaired) electrons. The lowest BCUT2D eigenvalue weighted by Gasteiger charge is -2.14. The Morgan fingerprint density at radius 1 is 1.26 bits per heavy atom. The molecule has 2 N–H and O–H groups in total. The Morgan fingerprint density at radius 3 is 3.05 bits per heavy atom. The van der Waals surface area contributed by atoms with Crippen molar-refractivity contribution in [2.45, 2.75) is 32.2 Å². The monoisotopic (exact) mass is 257 g/mol. The first-order chi connectivity index (χ1) is 9.33. The van der Waals surface area contributed by atoms with E-state index in [-0.39, 0.29) is 0 Å². The molecule has 19 heavy (non-hydrogen) atoms. The molecule has 4 heteroatoms. The largest absolute Gasteiger partial charge is 0.492 e. The number of aromatic nitrogens is 2. The summed E-state index contributed by atoms with van der Waals surface area (Å²) in [6, 6.07) is 7.55. The number of benzene rings is 1. The van der Waals surface area contributed by atoms with Crippen LogP contribution in [0.3, 0.4) is 0 Å². The molecule has 1 heterocycles. The number of fused-ring (bicyclic) bond motifs is 1. The number of imidazole rings is 1. The van der Waals surface area contributed by atoms with Crippen LogP contribution in [0.15, 0.2) is 30.6 Å². The zero-order chi connectivity index (χ0) is 13.1. The maximum Gasteiger partial charge on any atom is 0.121 e. The van der Waals surface area contributed by atoms with E-state index in [9.17, 15) is 0 Å². The van der Waals surface area contributed by atoms with Gasteiger partial charge in [0.1, 0.15) is 12.4 Å². The van der Waals surface area contributed by atoms with E-state index < -0.39 is 0 Å². The summed E-state index contributed by atoms with van der Waals surface area (Å²) in [5.41, 5.74) is 9.12. The Morgan fingerprint density at radius 2 is 2.16 bits per heavy atom. The van der Waals surface area contributed by atoms with E-state index in [0.29, 0.717) is 6.61 Å². The fraction of sp³-hybridized carbons (Fsp3) is 0.400. The van der Waals surface area contributed by atoms with Crippen LogP contribution in [0.2, 0.25) is 0 Å². The number of nitrogen functional groups attached to an aromatic ring is 1. The highest BCUT2D eigenvalue weighted by Crippen LogP contribution is 2.20. The predicted molar refractivity (Wildman–Crippen MR) is 75.2 cm³/mol. The summed E-state index contributed by atoms with van der Waals surface area (Å²) < 4.78 is 7.95. The van der Waals surface area contributed by atoms with Crippen LogP contribution in [0.1, 0.15) is 24.2 Å².